The zero-order chi connectivity index (χ0) is 11.5. The molecule has 0 radical (unpaired) electrons. The Morgan fingerprint density at radius 1 is 1.44 bits per heavy atom. The fourth-order valence-electron chi connectivity index (χ4n) is 1.33. The summed E-state index contributed by atoms with van der Waals surface area (Å²) < 4.78 is 0. The predicted molar refractivity (Wildman–Crippen MR) is 59.0 cm³/mol. The van der Waals surface area contributed by atoms with E-state index in [9.17, 15) is 4.79 Å². The number of likely N-dealkylation sites (N-methyl/N-ethyl adjacent to an activating group) is 1. The van der Waals surface area contributed by atoms with Gasteiger partial charge in [-0.25, -0.2) is 9.97 Å². The molecule has 0 unspecified atom stereocenters. The van der Waals surface area contributed by atoms with Crippen molar-refractivity contribution in [2.75, 3.05) is 18.9 Å². The maximum atomic E-state index is 11.1. The quantitative estimate of drug-likeness (QED) is 0.666. The highest BCUT2D eigenvalue weighted by Crippen LogP contribution is 2.17. The Hall–Kier alpha value is -2.18. The number of nitrogens with zero attached hydrogens (tertiary/aromatic N) is 3. The normalized spacial score (nSPS) is 10.4. The fourth-order valence-corrected chi connectivity index (χ4v) is 1.33. The minimum absolute atomic E-state index is 0.112. The molecule has 7 heteroatoms. The van der Waals surface area contributed by atoms with Crippen molar-refractivity contribution in [2.45, 2.75) is 6.92 Å². The van der Waals surface area contributed by atoms with Gasteiger partial charge in [-0.3, -0.25) is 9.89 Å². The van der Waals surface area contributed by atoms with Crippen molar-refractivity contribution in [2.24, 2.45) is 0 Å². The molecule has 3 N–H and O–H groups in total. The second-order valence-electron chi connectivity index (χ2n) is 3.29. The lowest BCUT2D eigenvalue weighted by Gasteiger charge is -2.03. The number of rotatable bonds is 3. The summed E-state index contributed by atoms with van der Waals surface area (Å²) in [5.74, 6) is 0.442. The largest absolute Gasteiger partial charge is 0.359 e. The molecule has 0 aliphatic carbocycles. The number of aromatic nitrogens is 4. The maximum absolute atomic E-state index is 11.1. The van der Waals surface area contributed by atoms with Crippen LogP contribution in [-0.4, -0.2) is 39.7 Å². The molecule has 2 heterocycles. The lowest BCUT2D eigenvalue weighted by Crippen LogP contribution is -2.26. The molecule has 0 atom stereocenters. The summed E-state index contributed by atoms with van der Waals surface area (Å²) in [5.41, 5.74) is 2.28. The second kappa shape index (κ2) is 4.13. The first kappa shape index (κ1) is 10.3. The van der Waals surface area contributed by atoms with E-state index in [1.54, 1.807) is 7.05 Å². The summed E-state index contributed by atoms with van der Waals surface area (Å²) in [7, 11) is 1.58. The van der Waals surface area contributed by atoms with E-state index in [1.165, 1.54) is 6.33 Å². The van der Waals surface area contributed by atoms with E-state index in [0.29, 0.717) is 11.3 Å². The summed E-state index contributed by atoms with van der Waals surface area (Å²) in [4.78, 5) is 19.2. The minimum Gasteiger partial charge on any atom is -0.359 e. The zero-order valence-corrected chi connectivity index (χ0v) is 9.03. The van der Waals surface area contributed by atoms with Gasteiger partial charge in [0.2, 0.25) is 5.91 Å². The molecule has 1 amide bonds. The van der Waals surface area contributed by atoms with Crippen molar-refractivity contribution in [1.29, 1.82) is 0 Å². The lowest BCUT2D eigenvalue weighted by molar-refractivity contribution is -0.118. The van der Waals surface area contributed by atoms with Crippen molar-refractivity contribution in [3.8, 4) is 0 Å². The molecule has 2 aromatic rings. The van der Waals surface area contributed by atoms with Crippen LogP contribution in [0.5, 0.6) is 0 Å². The van der Waals surface area contributed by atoms with Crippen LogP contribution in [0.25, 0.3) is 11.0 Å². The first-order valence-electron chi connectivity index (χ1n) is 4.82. The monoisotopic (exact) mass is 220 g/mol. The first-order chi connectivity index (χ1) is 7.72. The number of nitrogens with one attached hydrogen (secondary N) is 3. The van der Waals surface area contributed by atoms with Gasteiger partial charge in [-0.2, -0.15) is 5.10 Å². The van der Waals surface area contributed by atoms with Crippen molar-refractivity contribution >= 4 is 22.8 Å². The number of H-pyrrole nitrogens is 1. The number of amides is 1. The smallest absolute Gasteiger partial charge is 0.239 e. The molecule has 16 heavy (non-hydrogen) atoms. The number of carbonyl (C=O) groups is 1. The highest BCUT2D eigenvalue weighted by Gasteiger charge is 2.09. The second-order valence-corrected chi connectivity index (χ2v) is 3.29. The number of hydrogen-bond acceptors (Lipinski definition) is 5. The van der Waals surface area contributed by atoms with Crippen LogP contribution in [0.15, 0.2) is 6.33 Å². The van der Waals surface area contributed by atoms with E-state index in [1.807, 2.05) is 6.92 Å². The summed E-state index contributed by atoms with van der Waals surface area (Å²) in [6.07, 6.45) is 1.44. The summed E-state index contributed by atoms with van der Waals surface area (Å²) in [5, 5.41) is 12.3. The molecule has 0 saturated carbocycles. The minimum atomic E-state index is -0.112. The molecule has 84 valence electrons. The van der Waals surface area contributed by atoms with Crippen molar-refractivity contribution in [3.63, 3.8) is 0 Å². The molecule has 0 bridgehead atoms. The predicted octanol–water partition coefficient (Wildman–Crippen LogP) is -0.181. The molecule has 2 aromatic heterocycles. The molecule has 0 aliphatic heterocycles. The molecular weight excluding hydrogens is 208 g/mol. The summed E-state index contributed by atoms with van der Waals surface area (Å²) in [6, 6.07) is 0. The average Bonchev–Trinajstić information content (AvgIpc) is 2.69. The third-order valence-corrected chi connectivity index (χ3v) is 2.21. The van der Waals surface area contributed by atoms with Gasteiger partial charge in [0.15, 0.2) is 11.3 Å². The number of carbonyl (C=O) groups excluding carboxylic acids is 1. The molecule has 0 saturated heterocycles. The highest BCUT2D eigenvalue weighted by molar-refractivity contribution is 5.88. The third-order valence-electron chi connectivity index (χ3n) is 2.21. The maximum Gasteiger partial charge on any atom is 0.239 e. The van der Waals surface area contributed by atoms with Crippen LogP contribution in [0.2, 0.25) is 0 Å². The van der Waals surface area contributed by atoms with E-state index in [-0.39, 0.29) is 12.5 Å². The van der Waals surface area contributed by atoms with Crippen LogP contribution in [0.1, 0.15) is 5.69 Å². The van der Waals surface area contributed by atoms with Gasteiger partial charge in [0.05, 0.1) is 12.2 Å². The third kappa shape index (κ3) is 1.79. The van der Waals surface area contributed by atoms with Crippen molar-refractivity contribution in [1.82, 2.24) is 25.5 Å². The van der Waals surface area contributed by atoms with Gasteiger partial charge in [0.1, 0.15) is 11.8 Å². The Labute approximate surface area is 91.7 Å². The van der Waals surface area contributed by atoms with E-state index in [2.05, 4.69) is 30.8 Å². The molecular formula is C9H12N6O. The van der Waals surface area contributed by atoms with E-state index >= 15 is 0 Å². The Morgan fingerprint density at radius 3 is 3.00 bits per heavy atom. The topological polar surface area (TPSA) is 95.6 Å². The van der Waals surface area contributed by atoms with E-state index in [4.69, 9.17) is 0 Å². The number of fused-ring (bicyclic) bond motifs is 1. The number of hydrogen-bond donors (Lipinski definition) is 3. The van der Waals surface area contributed by atoms with Crippen LogP contribution < -0.4 is 10.6 Å². The zero-order valence-electron chi connectivity index (χ0n) is 9.03. The molecule has 7 nitrogen and oxygen atoms in total. The number of aromatic amines is 1. The summed E-state index contributed by atoms with van der Waals surface area (Å²) >= 11 is 0. The summed E-state index contributed by atoms with van der Waals surface area (Å²) in [6.45, 7) is 2.04. The van der Waals surface area contributed by atoms with Gasteiger partial charge < -0.3 is 10.6 Å². The van der Waals surface area contributed by atoms with Gasteiger partial charge in [-0.15, -0.1) is 0 Å². The van der Waals surface area contributed by atoms with Gasteiger partial charge in [-0.05, 0) is 6.92 Å². The van der Waals surface area contributed by atoms with Crippen LogP contribution in [0, 0.1) is 6.92 Å². The van der Waals surface area contributed by atoms with E-state index in [0.717, 1.165) is 11.2 Å². The van der Waals surface area contributed by atoms with E-state index < -0.39 is 0 Å². The Kier molecular flexibility index (Phi) is 2.67. The van der Waals surface area contributed by atoms with Gasteiger partial charge >= 0.3 is 0 Å². The molecule has 0 aromatic carbocycles. The Morgan fingerprint density at radius 2 is 2.25 bits per heavy atom. The average molecular weight is 220 g/mol. The van der Waals surface area contributed by atoms with Crippen molar-refractivity contribution < 1.29 is 4.79 Å². The molecule has 0 spiro atoms. The van der Waals surface area contributed by atoms with Crippen LogP contribution in [-0.2, 0) is 4.79 Å². The lowest BCUT2D eigenvalue weighted by atomic mass is 10.3. The molecule has 2 rings (SSSR count). The SMILES string of the molecule is CNC(=O)CNc1ncnc2c(C)[nH]nc12. The number of anilines is 1. The Bertz CT molecular complexity index is 520. The molecule has 0 aliphatic rings. The standard InChI is InChI=1S/C9H12N6O/c1-5-7-8(15-14-5)9(13-4-12-7)11-3-6(16)10-2/h4H,3H2,1-2H3,(H,10,16)(H,14,15)(H,11,12,13). The Balaban J connectivity index is 2.27. The highest BCUT2D eigenvalue weighted by atomic mass is 16.1. The van der Waals surface area contributed by atoms with Crippen molar-refractivity contribution in [3.05, 3.63) is 12.0 Å². The first-order valence-corrected chi connectivity index (χ1v) is 4.82. The van der Waals surface area contributed by atoms with Crippen LogP contribution in [0.3, 0.4) is 0 Å². The number of aryl methyl sites for hydroxylation is 1. The van der Waals surface area contributed by atoms with Gasteiger partial charge in [0, 0.05) is 7.05 Å². The fraction of sp³-hybridized carbons (Fsp3) is 0.333. The van der Waals surface area contributed by atoms with Gasteiger partial charge in [-0.1, -0.05) is 0 Å². The van der Waals surface area contributed by atoms with Crippen LogP contribution >= 0.6 is 0 Å². The van der Waals surface area contributed by atoms with Crippen LogP contribution in [0.4, 0.5) is 5.82 Å². The van der Waals surface area contributed by atoms with Gasteiger partial charge in [0.25, 0.3) is 0 Å². The molecule has 0 fully saturated rings.